The van der Waals surface area contributed by atoms with Gasteiger partial charge in [-0.2, -0.15) is 0 Å². The molecule has 294 valence electrons. The van der Waals surface area contributed by atoms with Gasteiger partial charge in [0, 0.05) is 0 Å². The van der Waals surface area contributed by atoms with Gasteiger partial charge in [0.2, 0.25) is 0 Å². The van der Waals surface area contributed by atoms with Crippen molar-refractivity contribution in [2.75, 3.05) is 0 Å². The Morgan fingerprint density at radius 3 is 1.25 bits per heavy atom. The van der Waals surface area contributed by atoms with Gasteiger partial charge in [-0.15, -0.1) is 0 Å². The fourth-order valence-electron chi connectivity index (χ4n) is 10.9. The van der Waals surface area contributed by atoms with Crippen LogP contribution in [0.15, 0.2) is 218 Å². The van der Waals surface area contributed by atoms with E-state index in [4.69, 9.17) is 0 Å². The first-order valence-electron chi connectivity index (χ1n) is 22.3. The number of fused-ring (bicyclic) bond motifs is 6. The molecule has 0 heteroatoms. The van der Waals surface area contributed by atoms with Gasteiger partial charge < -0.3 is 0 Å². The van der Waals surface area contributed by atoms with Crippen molar-refractivity contribution in [1.29, 1.82) is 0 Å². The predicted octanol–water partition coefficient (Wildman–Crippen LogP) is 15.5. The quantitative estimate of drug-likeness (QED) is 0.157. The van der Waals surface area contributed by atoms with E-state index < -0.39 is 0 Å². The molecule has 0 amide bonds. The van der Waals surface area contributed by atoms with E-state index >= 15 is 0 Å². The molecule has 0 saturated heterocycles. The Kier molecular flexibility index (Phi) is 8.21. The monoisotopic (exact) mass is 798 g/mol. The third-order valence-corrected chi connectivity index (χ3v) is 13.9. The zero-order valence-electron chi connectivity index (χ0n) is 34.8. The number of hydrogen-bond acceptors (Lipinski definition) is 0. The Morgan fingerprint density at radius 2 is 0.667 bits per heavy atom. The summed E-state index contributed by atoms with van der Waals surface area (Å²) >= 11 is 0. The zero-order valence-corrected chi connectivity index (χ0v) is 34.8. The van der Waals surface area contributed by atoms with E-state index in [9.17, 15) is 0 Å². The van der Waals surface area contributed by atoms with Gasteiger partial charge in [-0.1, -0.05) is 218 Å². The van der Waals surface area contributed by atoms with Crippen LogP contribution >= 0.6 is 0 Å². The molecular weight excluding hydrogens is 757 g/mol. The first-order chi connectivity index (χ1) is 31.2. The van der Waals surface area contributed by atoms with E-state index in [2.05, 4.69) is 231 Å². The second-order valence-electron chi connectivity index (χ2n) is 17.5. The molecule has 0 bridgehead atoms. The fourth-order valence-corrected chi connectivity index (χ4v) is 10.9. The van der Waals surface area contributed by atoms with Gasteiger partial charge in [0.05, 0.1) is 0 Å². The highest BCUT2D eigenvalue weighted by Gasteiger charge is 2.36. The minimum absolute atomic E-state index is 0.587. The van der Waals surface area contributed by atoms with Crippen LogP contribution in [0.5, 0.6) is 0 Å². The third kappa shape index (κ3) is 5.90. The molecule has 0 spiro atoms. The van der Waals surface area contributed by atoms with Gasteiger partial charge in [0.25, 0.3) is 0 Å². The minimum atomic E-state index is 0.587. The first-order valence-corrected chi connectivity index (χ1v) is 22.3. The molecule has 0 nitrogen and oxygen atoms in total. The Balaban J connectivity index is 1.02. The van der Waals surface area contributed by atoms with Gasteiger partial charge in [0.1, 0.15) is 0 Å². The van der Waals surface area contributed by atoms with Crippen molar-refractivity contribution in [3.8, 4) is 66.8 Å². The molecule has 2 aliphatic carbocycles. The smallest absolute Gasteiger partial charge is 0.00206 e. The molecule has 0 aliphatic heterocycles. The molecule has 1 saturated carbocycles. The van der Waals surface area contributed by atoms with Crippen LogP contribution < -0.4 is 10.4 Å². The molecule has 11 aromatic carbocycles. The van der Waals surface area contributed by atoms with E-state index in [-0.39, 0.29) is 0 Å². The van der Waals surface area contributed by atoms with Gasteiger partial charge in [0.15, 0.2) is 0 Å². The Hall–Kier alpha value is -7.80. The maximum Gasteiger partial charge on any atom is -0.00206 e. The Bertz CT molecular complexity index is 3770. The van der Waals surface area contributed by atoms with Crippen molar-refractivity contribution in [3.05, 3.63) is 229 Å². The molecule has 11 aromatic rings. The van der Waals surface area contributed by atoms with Crippen molar-refractivity contribution >= 4 is 55.2 Å². The van der Waals surface area contributed by atoms with Crippen LogP contribution in [0, 0.1) is 11.8 Å². The van der Waals surface area contributed by atoms with Gasteiger partial charge in [-0.3, -0.25) is 0 Å². The van der Waals surface area contributed by atoms with Gasteiger partial charge in [-0.05, 0) is 151 Å². The van der Waals surface area contributed by atoms with Gasteiger partial charge in [-0.25, -0.2) is 0 Å². The Labute approximate surface area is 367 Å². The zero-order chi connectivity index (χ0) is 41.4. The largest absolute Gasteiger partial charge is 0.0723 e. The first kappa shape index (κ1) is 35.9. The highest BCUT2D eigenvalue weighted by molar-refractivity contribution is 6.12. The summed E-state index contributed by atoms with van der Waals surface area (Å²) in [4.78, 5) is 0. The van der Waals surface area contributed by atoms with Crippen LogP contribution in [0.3, 0.4) is 0 Å². The van der Waals surface area contributed by atoms with E-state index in [0.29, 0.717) is 11.8 Å². The maximum atomic E-state index is 2.61. The van der Waals surface area contributed by atoms with Crippen LogP contribution in [0.2, 0.25) is 0 Å². The third-order valence-electron chi connectivity index (χ3n) is 13.9. The summed E-state index contributed by atoms with van der Waals surface area (Å²) in [5.74, 6) is 1.18. The molecule has 2 unspecified atom stereocenters. The summed E-state index contributed by atoms with van der Waals surface area (Å²) in [5.41, 5.74) is 15.2. The van der Waals surface area contributed by atoms with Crippen LogP contribution in [0.25, 0.3) is 122 Å². The SMILES string of the molecule is C1=c2c(-c3cccc(-c4ccc5ccccc5c4-c4ccccc4)c3)c3ccccc3c(-c3cccc(-c4ccc5ccccc5c4-c4cccc5ccccc45)c3)c2=CC2CC12. The molecule has 0 aromatic heterocycles. The van der Waals surface area contributed by atoms with Crippen molar-refractivity contribution in [3.63, 3.8) is 0 Å². The predicted molar refractivity (Wildman–Crippen MR) is 269 cm³/mol. The molecule has 0 N–H and O–H groups in total. The molecule has 0 heterocycles. The van der Waals surface area contributed by atoms with Crippen molar-refractivity contribution in [2.24, 2.45) is 11.8 Å². The summed E-state index contributed by atoms with van der Waals surface area (Å²) in [7, 11) is 0. The van der Waals surface area contributed by atoms with Crippen LogP contribution in [0.4, 0.5) is 0 Å². The normalized spacial score (nSPS) is 15.2. The summed E-state index contributed by atoms with van der Waals surface area (Å²) in [6.07, 6.45) is 6.43. The number of benzene rings is 11. The minimum Gasteiger partial charge on any atom is -0.0723 e. The van der Waals surface area contributed by atoms with E-state index in [1.54, 1.807) is 0 Å². The fraction of sp³-hybridized carbons (Fsp3) is 0.0476. The lowest BCUT2D eigenvalue weighted by Crippen LogP contribution is -2.32. The number of rotatable bonds is 6. The van der Waals surface area contributed by atoms with Crippen LogP contribution in [-0.2, 0) is 0 Å². The van der Waals surface area contributed by atoms with E-state index in [0.717, 1.165) is 0 Å². The summed E-state index contributed by atoms with van der Waals surface area (Å²) in [6.45, 7) is 0. The topological polar surface area (TPSA) is 0 Å². The lowest BCUT2D eigenvalue weighted by atomic mass is 9.83. The molecule has 2 aliphatic rings. The second-order valence-corrected chi connectivity index (χ2v) is 17.5. The average molecular weight is 799 g/mol. The van der Waals surface area contributed by atoms with Crippen molar-refractivity contribution in [1.82, 2.24) is 0 Å². The molecule has 0 radical (unpaired) electrons. The summed E-state index contributed by atoms with van der Waals surface area (Å²) < 4.78 is 0. The van der Waals surface area contributed by atoms with Crippen LogP contribution in [0.1, 0.15) is 6.42 Å². The van der Waals surface area contributed by atoms with Gasteiger partial charge >= 0.3 is 0 Å². The van der Waals surface area contributed by atoms with E-state index in [1.807, 2.05) is 0 Å². The summed E-state index contributed by atoms with van der Waals surface area (Å²) in [6, 6.07) is 81.1. The lowest BCUT2D eigenvalue weighted by molar-refractivity contribution is 1.06. The molecular formula is C63H42. The molecule has 1 fully saturated rings. The molecule has 63 heavy (non-hydrogen) atoms. The highest BCUT2D eigenvalue weighted by atomic mass is 14.4. The second kappa shape index (κ2) is 14.4. The average Bonchev–Trinajstić information content (AvgIpc) is 4.13. The Morgan fingerprint density at radius 1 is 0.254 bits per heavy atom. The molecule has 13 rings (SSSR count). The van der Waals surface area contributed by atoms with E-state index in [1.165, 1.54) is 127 Å². The molecule has 2 atom stereocenters. The highest BCUT2D eigenvalue weighted by Crippen LogP contribution is 2.46. The van der Waals surface area contributed by atoms with Crippen LogP contribution in [-0.4, -0.2) is 0 Å². The van der Waals surface area contributed by atoms with Crippen molar-refractivity contribution < 1.29 is 0 Å². The summed E-state index contributed by atoms with van der Waals surface area (Å²) in [5, 5.41) is 12.9. The van der Waals surface area contributed by atoms with Crippen molar-refractivity contribution in [2.45, 2.75) is 6.42 Å². The standard InChI is InChI=1S/C63H42/c1-2-18-43(19-3-1)60-51-26-8-5-16-41(51)31-33-53(60)44-21-12-23-46(35-44)61-56-28-10-11-29-57(56)62(59-39-49-37-48(49)38-58(59)61)47-24-13-22-45(36-47)54-34-32-42-17-6-9-27-52(42)63(54)55-30-14-20-40-15-4-7-25-50(40)55/h1-36,38-39,48-49H,37H2. The lowest BCUT2D eigenvalue weighted by Gasteiger charge is -2.20. The number of hydrogen-bond donors (Lipinski definition) is 0. The maximum absolute atomic E-state index is 2.61.